The molecule has 1 aromatic heterocycles. The Labute approximate surface area is 106 Å². The zero-order valence-corrected chi connectivity index (χ0v) is 11.5. The molecule has 0 aliphatic heterocycles. The highest BCUT2D eigenvalue weighted by Crippen LogP contribution is 2.29. The number of hydrogen-bond donors (Lipinski definition) is 1. The predicted molar refractivity (Wildman–Crippen MR) is 76.1 cm³/mol. The molecule has 0 bridgehead atoms. The van der Waals surface area contributed by atoms with Gasteiger partial charge in [0.1, 0.15) is 0 Å². The lowest BCUT2D eigenvalue weighted by Crippen LogP contribution is -1.94. The number of aromatic nitrogens is 1. The Morgan fingerprint density at radius 2 is 2.18 bits per heavy atom. The molecule has 0 amide bonds. The van der Waals surface area contributed by atoms with Crippen LogP contribution in [0.15, 0.2) is 17.2 Å². The van der Waals surface area contributed by atoms with Crippen molar-refractivity contribution in [2.75, 3.05) is 5.43 Å². The van der Waals surface area contributed by atoms with Gasteiger partial charge in [0.15, 0.2) is 0 Å². The van der Waals surface area contributed by atoms with Crippen LogP contribution in [0.25, 0.3) is 10.2 Å². The van der Waals surface area contributed by atoms with Gasteiger partial charge in [-0.05, 0) is 44.4 Å². The van der Waals surface area contributed by atoms with Crippen LogP contribution in [0.4, 0.5) is 5.13 Å². The van der Waals surface area contributed by atoms with E-state index in [-0.39, 0.29) is 0 Å². The summed E-state index contributed by atoms with van der Waals surface area (Å²) in [6.07, 6.45) is 0.954. The lowest BCUT2D eigenvalue weighted by Gasteiger charge is -1.95. The highest BCUT2D eigenvalue weighted by atomic mass is 32.1. The summed E-state index contributed by atoms with van der Waals surface area (Å²) in [5.41, 5.74) is 7.69. The molecule has 90 valence electrons. The number of hydrogen-bond acceptors (Lipinski definition) is 4. The van der Waals surface area contributed by atoms with E-state index in [1.165, 1.54) is 15.8 Å². The van der Waals surface area contributed by atoms with Crippen LogP contribution < -0.4 is 5.43 Å². The van der Waals surface area contributed by atoms with Crippen LogP contribution in [-0.4, -0.2) is 10.7 Å². The van der Waals surface area contributed by atoms with Crippen molar-refractivity contribution in [3.63, 3.8) is 0 Å². The first kappa shape index (κ1) is 12.0. The molecule has 0 aliphatic rings. The Hall–Kier alpha value is -1.42. The molecule has 17 heavy (non-hydrogen) atoms. The summed E-state index contributed by atoms with van der Waals surface area (Å²) in [7, 11) is 0. The fourth-order valence-electron chi connectivity index (χ4n) is 1.65. The molecule has 1 heterocycles. The molecule has 0 spiro atoms. The van der Waals surface area contributed by atoms with E-state index in [9.17, 15) is 0 Å². The van der Waals surface area contributed by atoms with Gasteiger partial charge in [-0.2, -0.15) is 5.10 Å². The number of anilines is 1. The normalized spacial score (nSPS) is 12.1. The standard InChI is InChI=1S/C13H17N3S/c1-5-10(4)15-16-13-14-11-7-8(2)6-9(3)12(11)17-13/h6-7H,5H2,1-4H3,(H,14,16)/b15-10-. The van der Waals surface area contributed by atoms with Crippen LogP contribution in [-0.2, 0) is 0 Å². The maximum Gasteiger partial charge on any atom is 0.204 e. The number of hydrazone groups is 1. The lowest BCUT2D eigenvalue weighted by atomic mass is 10.1. The molecule has 0 fully saturated rings. The third-order valence-corrected chi connectivity index (χ3v) is 3.79. The second-order valence-electron chi connectivity index (χ2n) is 4.26. The third kappa shape index (κ3) is 2.64. The molecule has 4 heteroatoms. The monoisotopic (exact) mass is 247 g/mol. The molecule has 0 unspecified atom stereocenters. The molecule has 1 N–H and O–H groups in total. The Morgan fingerprint density at radius 1 is 1.41 bits per heavy atom. The maximum atomic E-state index is 4.54. The lowest BCUT2D eigenvalue weighted by molar-refractivity contribution is 1.20. The number of fused-ring (bicyclic) bond motifs is 1. The number of nitrogens with one attached hydrogen (secondary N) is 1. The van der Waals surface area contributed by atoms with Crippen molar-refractivity contribution in [2.24, 2.45) is 5.10 Å². The molecule has 0 radical (unpaired) electrons. The van der Waals surface area contributed by atoms with Crippen molar-refractivity contribution in [3.05, 3.63) is 23.3 Å². The van der Waals surface area contributed by atoms with E-state index in [0.29, 0.717) is 0 Å². The SMILES string of the molecule is CC/C(C)=N\Nc1nc2cc(C)cc(C)c2s1. The van der Waals surface area contributed by atoms with Crippen LogP contribution in [0.3, 0.4) is 0 Å². The number of benzene rings is 1. The highest BCUT2D eigenvalue weighted by molar-refractivity contribution is 7.22. The minimum atomic E-state index is 0.862. The van der Waals surface area contributed by atoms with E-state index in [4.69, 9.17) is 0 Å². The van der Waals surface area contributed by atoms with Crippen LogP contribution in [0.1, 0.15) is 31.4 Å². The van der Waals surface area contributed by atoms with E-state index in [1.54, 1.807) is 11.3 Å². The molecule has 0 saturated carbocycles. The molecule has 0 aliphatic carbocycles. The minimum absolute atomic E-state index is 0.862. The molecular weight excluding hydrogens is 230 g/mol. The van der Waals surface area contributed by atoms with E-state index in [1.807, 2.05) is 6.92 Å². The van der Waals surface area contributed by atoms with Gasteiger partial charge in [0.25, 0.3) is 0 Å². The van der Waals surface area contributed by atoms with Crippen molar-refractivity contribution in [1.82, 2.24) is 4.98 Å². The van der Waals surface area contributed by atoms with Gasteiger partial charge < -0.3 is 0 Å². The van der Waals surface area contributed by atoms with Crippen molar-refractivity contribution in [1.29, 1.82) is 0 Å². The van der Waals surface area contributed by atoms with Gasteiger partial charge in [-0.3, -0.25) is 5.43 Å². The molecule has 3 nitrogen and oxygen atoms in total. The maximum absolute atomic E-state index is 4.54. The van der Waals surface area contributed by atoms with Crippen LogP contribution >= 0.6 is 11.3 Å². The van der Waals surface area contributed by atoms with Gasteiger partial charge in [0, 0.05) is 5.71 Å². The van der Waals surface area contributed by atoms with Crippen molar-refractivity contribution in [3.8, 4) is 0 Å². The molecule has 2 aromatic rings. The van der Waals surface area contributed by atoms with Crippen molar-refractivity contribution >= 4 is 32.4 Å². The summed E-state index contributed by atoms with van der Waals surface area (Å²) in [5.74, 6) is 0. The van der Waals surface area contributed by atoms with Gasteiger partial charge in [-0.15, -0.1) is 0 Å². The second kappa shape index (κ2) is 4.84. The van der Waals surface area contributed by atoms with E-state index in [2.05, 4.69) is 48.4 Å². The molecule has 0 saturated heterocycles. The molecule has 1 aromatic carbocycles. The summed E-state index contributed by atoms with van der Waals surface area (Å²) in [6, 6.07) is 4.30. The predicted octanol–water partition coefficient (Wildman–Crippen LogP) is 4.11. The van der Waals surface area contributed by atoms with E-state index >= 15 is 0 Å². The Balaban J connectivity index is 2.35. The first-order valence-corrected chi connectivity index (χ1v) is 6.58. The number of rotatable bonds is 3. The largest absolute Gasteiger partial charge is 0.253 e. The second-order valence-corrected chi connectivity index (χ2v) is 5.26. The summed E-state index contributed by atoms with van der Waals surface area (Å²) in [5, 5.41) is 5.14. The van der Waals surface area contributed by atoms with Crippen LogP contribution in [0, 0.1) is 13.8 Å². The topological polar surface area (TPSA) is 37.3 Å². The molecule has 2 rings (SSSR count). The van der Waals surface area contributed by atoms with Gasteiger partial charge in [0.2, 0.25) is 5.13 Å². The van der Waals surface area contributed by atoms with Gasteiger partial charge >= 0.3 is 0 Å². The number of nitrogens with zero attached hydrogens (tertiary/aromatic N) is 2. The van der Waals surface area contributed by atoms with Crippen molar-refractivity contribution in [2.45, 2.75) is 34.1 Å². The zero-order chi connectivity index (χ0) is 12.4. The summed E-state index contributed by atoms with van der Waals surface area (Å²) in [6.45, 7) is 8.32. The average Bonchev–Trinajstić information content (AvgIpc) is 2.69. The number of aryl methyl sites for hydroxylation is 2. The summed E-state index contributed by atoms with van der Waals surface area (Å²) < 4.78 is 1.24. The Kier molecular flexibility index (Phi) is 3.43. The van der Waals surface area contributed by atoms with Gasteiger partial charge in [-0.25, -0.2) is 4.98 Å². The van der Waals surface area contributed by atoms with Crippen molar-refractivity contribution < 1.29 is 0 Å². The van der Waals surface area contributed by atoms with Crippen LogP contribution in [0.5, 0.6) is 0 Å². The molecular formula is C13H17N3S. The fourth-order valence-corrected chi connectivity index (χ4v) is 2.50. The Bertz CT molecular complexity index is 569. The first-order valence-electron chi connectivity index (χ1n) is 5.77. The minimum Gasteiger partial charge on any atom is -0.253 e. The van der Waals surface area contributed by atoms with Gasteiger partial charge in [-0.1, -0.05) is 24.3 Å². The smallest absolute Gasteiger partial charge is 0.204 e. The Morgan fingerprint density at radius 3 is 2.88 bits per heavy atom. The van der Waals surface area contributed by atoms with E-state index in [0.717, 1.165) is 22.8 Å². The fraction of sp³-hybridized carbons (Fsp3) is 0.385. The highest BCUT2D eigenvalue weighted by Gasteiger charge is 2.06. The van der Waals surface area contributed by atoms with E-state index < -0.39 is 0 Å². The summed E-state index contributed by atoms with van der Waals surface area (Å²) in [4.78, 5) is 4.54. The average molecular weight is 247 g/mol. The third-order valence-electron chi connectivity index (χ3n) is 2.67. The molecule has 0 atom stereocenters. The summed E-state index contributed by atoms with van der Waals surface area (Å²) >= 11 is 1.66. The zero-order valence-electron chi connectivity index (χ0n) is 10.7. The van der Waals surface area contributed by atoms with Crippen LogP contribution in [0.2, 0.25) is 0 Å². The van der Waals surface area contributed by atoms with Gasteiger partial charge in [0.05, 0.1) is 10.2 Å². The number of thiazole rings is 1. The quantitative estimate of drug-likeness (QED) is 0.654. The first-order chi connectivity index (χ1) is 8.10.